The van der Waals surface area contributed by atoms with Gasteiger partial charge in [-0.3, -0.25) is 10.1 Å². The van der Waals surface area contributed by atoms with E-state index in [1.54, 1.807) is 12.1 Å². The molecule has 1 aromatic carbocycles. The second-order valence-corrected chi connectivity index (χ2v) is 3.49. The molecule has 0 unspecified atom stereocenters. The quantitative estimate of drug-likeness (QED) is 0.749. The number of hydrogen-bond acceptors (Lipinski definition) is 4. The second kappa shape index (κ2) is 4.37. The fourth-order valence-electron chi connectivity index (χ4n) is 1.43. The Morgan fingerprint density at radius 1 is 1.22 bits per heavy atom. The number of aromatic amines is 1. The van der Waals surface area contributed by atoms with Crippen LogP contribution in [-0.4, -0.2) is 25.1 Å². The predicted molar refractivity (Wildman–Crippen MR) is 67.6 cm³/mol. The van der Waals surface area contributed by atoms with Crippen LogP contribution in [0.1, 0.15) is 13.8 Å². The highest BCUT2D eigenvalue weighted by Gasteiger charge is 2.08. The Morgan fingerprint density at radius 3 is 2.94 bits per heavy atom. The number of aromatic nitrogens is 5. The summed E-state index contributed by atoms with van der Waals surface area (Å²) in [5.41, 5.74) is 0.827. The molecular weight excluding hydrogens is 226 g/mol. The molecule has 0 spiro atoms. The molecular formula is C13H11N5. The van der Waals surface area contributed by atoms with E-state index in [-0.39, 0.29) is 35.6 Å². The first-order chi connectivity index (χ1) is 11.3. The van der Waals surface area contributed by atoms with Gasteiger partial charge in [0.05, 0.1) is 10.3 Å². The van der Waals surface area contributed by atoms with Crippen molar-refractivity contribution in [1.82, 2.24) is 25.1 Å². The van der Waals surface area contributed by atoms with E-state index in [0.29, 0.717) is 11.4 Å². The lowest BCUT2D eigenvalue weighted by atomic mass is 10.1. The molecule has 0 aliphatic carbocycles. The van der Waals surface area contributed by atoms with E-state index in [1.165, 1.54) is 12.1 Å². The molecule has 1 N–H and O–H groups in total. The van der Waals surface area contributed by atoms with Gasteiger partial charge in [-0.1, -0.05) is 29.8 Å². The van der Waals surface area contributed by atoms with Crippen molar-refractivity contribution in [3.8, 4) is 22.9 Å². The van der Waals surface area contributed by atoms with Gasteiger partial charge < -0.3 is 0 Å². The highest BCUT2D eigenvalue weighted by molar-refractivity contribution is 5.58. The van der Waals surface area contributed by atoms with Gasteiger partial charge in [0.1, 0.15) is 5.69 Å². The van der Waals surface area contributed by atoms with E-state index in [0.717, 1.165) is 0 Å². The molecule has 5 heteroatoms. The highest BCUT2D eigenvalue weighted by Crippen LogP contribution is 2.18. The van der Waals surface area contributed by atoms with Crippen LogP contribution < -0.4 is 0 Å². The van der Waals surface area contributed by atoms with E-state index >= 15 is 0 Å². The third-order valence-electron chi connectivity index (χ3n) is 2.29. The SMILES string of the molecule is [2H]c1nc([2H])c(-c2nc(-c3ccc(C([2H])([2H])[2H])cc3)n[nH]2)nc1[2H]. The molecule has 18 heavy (non-hydrogen) atoms. The second-order valence-electron chi connectivity index (χ2n) is 3.49. The molecule has 0 amide bonds. The summed E-state index contributed by atoms with van der Waals surface area (Å²) in [6.45, 7) is -2.18. The van der Waals surface area contributed by atoms with Crippen LogP contribution >= 0.6 is 0 Å². The lowest BCUT2D eigenvalue weighted by Crippen LogP contribution is -1.86. The fourth-order valence-corrected chi connectivity index (χ4v) is 1.43. The van der Waals surface area contributed by atoms with Gasteiger partial charge in [0, 0.05) is 22.0 Å². The van der Waals surface area contributed by atoms with Crippen molar-refractivity contribution in [3.63, 3.8) is 0 Å². The summed E-state index contributed by atoms with van der Waals surface area (Å²) in [7, 11) is 0. The first-order valence-electron chi connectivity index (χ1n) is 8.11. The van der Waals surface area contributed by atoms with E-state index in [4.69, 9.17) is 8.22 Å². The average Bonchev–Trinajstić information content (AvgIpc) is 3.00. The number of H-pyrrole nitrogens is 1. The number of hydrogen-bond donors (Lipinski definition) is 1. The van der Waals surface area contributed by atoms with E-state index in [2.05, 4.69) is 25.1 Å². The number of rotatable bonds is 2. The summed E-state index contributed by atoms with van der Waals surface area (Å²) in [5.74, 6) is 0.445. The molecule has 0 aliphatic heterocycles. The number of nitrogens with one attached hydrogen (secondary N) is 1. The lowest BCUT2D eigenvalue weighted by Gasteiger charge is -1.95. The summed E-state index contributed by atoms with van der Waals surface area (Å²) in [5, 5.41) is 6.63. The summed E-state index contributed by atoms with van der Waals surface area (Å²) < 4.78 is 44.6. The maximum absolute atomic E-state index is 7.73. The Labute approximate surface area is 112 Å². The molecule has 0 radical (unpaired) electrons. The lowest BCUT2D eigenvalue weighted by molar-refractivity contribution is 1.08. The number of benzene rings is 1. The first kappa shape index (κ1) is 5.86. The Balaban J connectivity index is 1.95. The summed E-state index contributed by atoms with van der Waals surface area (Å²) in [6, 6.07) is 6.13. The summed E-state index contributed by atoms with van der Waals surface area (Å²) in [6.07, 6.45) is -1.03. The molecule has 0 aliphatic rings. The van der Waals surface area contributed by atoms with Gasteiger partial charge in [0.2, 0.25) is 0 Å². The molecule has 5 nitrogen and oxygen atoms in total. The van der Waals surface area contributed by atoms with Gasteiger partial charge in [-0.25, -0.2) is 9.97 Å². The van der Waals surface area contributed by atoms with Crippen LogP contribution in [-0.2, 0) is 0 Å². The van der Waals surface area contributed by atoms with Crippen LogP contribution in [0, 0.1) is 6.85 Å². The van der Waals surface area contributed by atoms with E-state index < -0.39 is 6.85 Å². The minimum Gasteiger partial charge on any atom is -0.261 e. The minimum atomic E-state index is -2.18. The van der Waals surface area contributed by atoms with Gasteiger partial charge in [-0.2, -0.15) is 5.10 Å². The van der Waals surface area contributed by atoms with Crippen molar-refractivity contribution < 1.29 is 8.22 Å². The smallest absolute Gasteiger partial charge is 0.181 e. The molecule has 0 fully saturated rings. The Hall–Kier alpha value is -2.56. The van der Waals surface area contributed by atoms with Crippen LogP contribution in [0.15, 0.2) is 42.8 Å². The van der Waals surface area contributed by atoms with Crippen LogP contribution in [0.2, 0.25) is 0 Å². The molecule has 3 rings (SSSR count). The predicted octanol–water partition coefficient (Wildman–Crippen LogP) is 2.24. The molecule has 0 atom stereocenters. The van der Waals surface area contributed by atoms with Crippen LogP contribution in [0.25, 0.3) is 22.9 Å². The third-order valence-corrected chi connectivity index (χ3v) is 2.29. The van der Waals surface area contributed by atoms with Crippen molar-refractivity contribution in [2.45, 2.75) is 6.85 Å². The third kappa shape index (κ3) is 1.98. The molecule has 2 heterocycles. The van der Waals surface area contributed by atoms with Crippen molar-refractivity contribution in [2.75, 3.05) is 0 Å². The largest absolute Gasteiger partial charge is 0.261 e. The van der Waals surface area contributed by atoms with Gasteiger partial charge in [0.25, 0.3) is 0 Å². The minimum absolute atomic E-state index is 0.0221. The maximum Gasteiger partial charge on any atom is 0.181 e. The molecule has 3 aromatic rings. The van der Waals surface area contributed by atoms with Crippen molar-refractivity contribution in [2.24, 2.45) is 0 Å². The number of aryl methyl sites for hydroxylation is 1. The summed E-state index contributed by atoms with van der Waals surface area (Å²) in [4.78, 5) is 11.6. The average molecular weight is 243 g/mol. The maximum atomic E-state index is 7.73. The van der Waals surface area contributed by atoms with Crippen LogP contribution in [0.3, 0.4) is 0 Å². The van der Waals surface area contributed by atoms with E-state index in [9.17, 15) is 0 Å². The zero-order chi connectivity index (χ0) is 17.5. The Bertz CT molecular complexity index is 887. The van der Waals surface area contributed by atoms with Crippen LogP contribution in [0.5, 0.6) is 0 Å². The highest BCUT2D eigenvalue weighted by atomic mass is 15.2. The molecule has 2 aromatic heterocycles. The van der Waals surface area contributed by atoms with Crippen molar-refractivity contribution in [1.29, 1.82) is 0 Å². The first-order valence-corrected chi connectivity index (χ1v) is 5.11. The zero-order valence-electron chi connectivity index (χ0n) is 15.1. The van der Waals surface area contributed by atoms with Crippen LogP contribution in [0.4, 0.5) is 0 Å². The Morgan fingerprint density at radius 2 is 2.11 bits per heavy atom. The number of nitrogens with zero attached hydrogens (tertiary/aromatic N) is 4. The Kier molecular flexibility index (Phi) is 1.42. The zero-order valence-corrected chi connectivity index (χ0v) is 9.10. The topological polar surface area (TPSA) is 67.3 Å². The van der Waals surface area contributed by atoms with Crippen molar-refractivity contribution in [3.05, 3.63) is 48.3 Å². The monoisotopic (exact) mass is 243 g/mol. The molecule has 0 saturated carbocycles. The molecule has 88 valence electrons. The normalized spacial score (nSPS) is 16.0. The molecule has 0 bridgehead atoms. The van der Waals surface area contributed by atoms with Crippen molar-refractivity contribution >= 4 is 0 Å². The van der Waals surface area contributed by atoms with E-state index in [1.807, 2.05) is 0 Å². The van der Waals surface area contributed by atoms with Gasteiger partial charge in [-0.05, 0) is 6.85 Å². The van der Waals surface area contributed by atoms with Gasteiger partial charge in [0.15, 0.2) is 11.6 Å². The summed E-state index contributed by atoms with van der Waals surface area (Å²) >= 11 is 0. The van der Waals surface area contributed by atoms with Gasteiger partial charge >= 0.3 is 0 Å². The van der Waals surface area contributed by atoms with Gasteiger partial charge in [-0.15, -0.1) is 0 Å². The standard InChI is InChI=1S/C13H11N5/c1-9-2-4-10(5-3-9)12-16-13(18-17-12)11-8-14-6-7-15-11/h2-8H,1H3,(H,16,17,18)/i1D3,6D,7D,8D. The fraction of sp³-hybridized carbons (Fsp3) is 0.0769. The molecule has 0 saturated heterocycles.